The Bertz CT molecular complexity index is 1630. The van der Waals surface area contributed by atoms with Crippen LogP contribution in [0, 0.1) is 0 Å². The van der Waals surface area contributed by atoms with Crippen molar-refractivity contribution in [1.82, 2.24) is 9.71 Å². The standard InChI is InChI=1S/C28H26ClN3O4S/c1-27(2,3)31-37(35,36)21-12-10-20(11-13-21)28(34)22-6-4-5-7-24(22)32(26(28)33)17-18-8-14-23-19(16-18)9-15-25(29)30-23/h4-16,31,34H,17H2,1-3H3. The zero-order valence-corrected chi connectivity index (χ0v) is 22.1. The Morgan fingerprint density at radius 2 is 1.70 bits per heavy atom. The molecule has 4 aromatic rings. The molecular weight excluding hydrogens is 510 g/mol. The number of rotatable bonds is 5. The van der Waals surface area contributed by atoms with Crippen LogP contribution in [0.5, 0.6) is 0 Å². The monoisotopic (exact) mass is 535 g/mol. The highest BCUT2D eigenvalue weighted by Gasteiger charge is 2.51. The molecule has 3 aromatic carbocycles. The highest BCUT2D eigenvalue weighted by Crippen LogP contribution is 2.45. The Labute approximate surface area is 220 Å². The summed E-state index contributed by atoms with van der Waals surface area (Å²) in [6.07, 6.45) is 0. The molecule has 1 atom stereocenters. The molecule has 2 N–H and O–H groups in total. The lowest BCUT2D eigenvalue weighted by Crippen LogP contribution is -2.41. The number of carbonyl (C=O) groups excluding carboxylic acids is 1. The molecule has 37 heavy (non-hydrogen) atoms. The van der Waals surface area contributed by atoms with Crippen LogP contribution < -0.4 is 9.62 Å². The zero-order chi connectivity index (χ0) is 26.6. The molecule has 0 aliphatic carbocycles. The number of pyridine rings is 1. The van der Waals surface area contributed by atoms with Gasteiger partial charge in [0.15, 0.2) is 5.60 Å². The first-order chi connectivity index (χ1) is 17.4. The van der Waals surface area contributed by atoms with Crippen LogP contribution in [0.25, 0.3) is 10.9 Å². The number of anilines is 1. The number of aromatic nitrogens is 1. The maximum atomic E-state index is 13.8. The maximum Gasteiger partial charge on any atom is 0.268 e. The van der Waals surface area contributed by atoms with Gasteiger partial charge in [-0.3, -0.25) is 4.79 Å². The first-order valence-corrected chi connectivity index (χ1v) is 13.6. The van der Waals surface area contributed by atoms with E-state index in [2.05, 4.69) is 9.71 Å². The fraction of sp³-hybridized carbons (Fsp3) is 0.214. The second kappa shape index (κ2) is 8.92. The minimum Gasteiger partial charge on any atom is -0.372 e. The van der Waals surface area contributed by atoms with E-state index in [1.807, 2.05) is 30.3 Å². The highest BCUT2D eigenvalue weighted by atomic mass is 35.5. The van der Waals surface area contributed by atoms with Crippen molar-refractivity contribution >= 4 is 44.1 Å². The van der Waals surface area contributed by atoms with E-state index in [0.717, 1.165) is 16.5 Å². The summed E-state index contributed by atoms with van der Waals surface area (Å²) >= 11 is 6.00. The molecule has 0 spiro atoms. The molecule has 5 rings (SSSR count). The summed E-state index contributed by atoms with van der Waals surface area (Å²) in [5, 5.41) is 13.1. The summed E-state index contributed by atoms with van der Waals surface area (Å²) in [5.41, 5.74) is 0.326. The van der Waals surface area contributed by atoms with Gasteiger partial charge < -0.3 is 10.0 Å². The van der Waals surface area contributed by atoms with Gasteiger partial charge in [-0.1, -0.05) is 48.0 Å². The van der Waals surface area contributed by atoms with Crippen molar-refractivity contribution in [3.63, 3.8) is 0 Å². The lowest BCUT2D eigenvalue weighted by Gasteiger charge is -2.24. The van der Waals surface area contributed by atoms with Crippen LogP contribution in [0.1, 0.15) is 37.5 Å². The van der Waals surface area contributed by atoms with E-state index in [-0.39, 0.29) is 11.4 Å². The molecule has 190 valence electrons. The van der Waals surface area contributed by atoms with E-state index in [1.165, 1.54) is 24.3 Å². The predicted octanol–water partition coefficient (Wildman–Crippen LogP) is 4.75. The Morgan fingerprint density at radius 1 is 1.00 bits per heavy atom. The van der Waals surface area contributed by atoms with E-state index >= 15 is 0 Å². The van der Waals surface area contributed by atoms with Crippen LogP contribution in [0.2, 0.25) is 5.15 Å². The summed E-state index contributed by atoms with van der Waals surface area (Å²) in [7, 11) is -3.76. The summed E-state index contributed by atoms with van der Waals surface area (Å²) in [5.74, 6) is -0.508. The molecule has 2 heterocycles. The third-order valence-corrected chi connectivity index (χ3v) is 8.21. The van der Waals surface area contributed by atoms with Crippen molar-refractivity contribution in [2.24, 2.45) is 0 Å². The maximum absolute atomic E-state index is 13.8. The molecule has 1 aromatic heterocycles. The number of nitrogens with zero attached hydrogens (tertiary/aromatic N) is 2. The molecule has 0 saturated heterocycles. The number of fused-ring (bicyclic) bond motifs is 2. The molecular formula is C28H26ClN3O4S. The number of amides is 1. The van der Waals surface area contributed by atoms with Crippen LogP contribution in [0.15, 0.2) is 83.8 Å². The van der Waals surface area contributed by atoms with Gasteiger partial charge >= 0.3 is 0 Å². The molecule has 7 nitrogen and oxygen atoms in total. The average molecular weight is 536 g/mol. The summed E-state index contributed by atoms with van der Waals surface area (Å²) < 4.78 is 28.1. The van der Waals surface area contributed by atoms with E-state index < -0.39 is 27.1 Å². The van der Waals surface area contributed by atoms with E-state index in [0.29, 0.717) is 22.0 Å². The average Bonchev–Trinajstić information content (AvgIpc) is 3.05. The Kier molecular flexibility index (Phi) is 6.11. The van der Waals surface area contributed by atoms with Gasteiger partial charge in [0.1, 0.15) is 5.15 Å². The molecule has 1 aliphatic heterocycles. The van der Waals surface area contributed by atoms with Crippen LogP contribution in [-0.4, -0.2) is 30.0 Å². The van der Waals surface area contributed by atoms with Gasteiger partial charge in [0.25, 0.3) is 5.91 Å². The molecule has 0 fully saturated rings. The summed E-state index contributed by atoms with van der Waals surface area (Å²) in [6, 6.07) is 22.1. The van der Waals surface area contributed by atoms with Gasteiger partial charge in [0.05, 0.1) is 22.6 Å². The number of carbonyl (C=O) groups is 1. The first-order valence-electron chi connectivity index (χ1n) is 11.7. The minimum absolute atomic E-state index is 0.0511. The fourth-order valence-electron chi connectivity index (χ4n) is 4.64. The van der Waals surface area contributed by atoms with Crippen LogP contribution in [0.4, 0.5) is 5.69 Å². The van der Waals surface area contributed by atoms with Crippen LogP contribution >= 0.6 is 11.6 Å². The van der Waals surface area contributed by atoms with Gasteiger partial charge in [-0.25, -0.2) is 18.1 Å². The molecule has 1 amide bonds. The number of nitrogens with one attached hydrogen (secondary N) is 1. The zero-order valence-electron chi connectivity index (χ0n) is 20.6. The predicted molar refractivity (Wildman–Crippen MR) is 144 cm³/mol. The largest absolute Gasteiger partial charge is 0.372 e. The number of hydrogen-bond donors (Lipinski definition) is 2. The minimum atomic E-state index is -3.76. The van der Waals surface area contributed by atoms with Gasteiger partial charge in [0, 0.05) is 16.5 Å². The van der Waals surface area contributed by atoms with Gasteiger partial charge in [-0.05, 0) is 74.4 Å². The molecule has 9 heteroatoms. The molecule has 1 aliphatic rings. The molecule has 0 saturated carbocycles. The van der Waals surface area contributed by atoms with Gasteiger partial charge in [-0.15, -0.1) is 0 Å². The SMILES string of the molecule is CC(C)(C)NS(=O)(=O)c1ccc(C2(O)C(=O)N(Cc3ccc4nc(Cl)ccc4c3)c3ccccc32)cc1. The number of aliphatic hydroxyl groups is 1. The van der Waals surface area contributed by atoms with E-state index in [1.54, 1.807) is 49.9 Å². The number of hydrogen-bond acceptors (Lipinski definition) is 5. The van der Waals surface area contributed by atoms with Crippen molar-refractivity contribution in [2.75, 3.05) is 4.90 Å². The third kappa shape index (κ3) is 4.62. The van der Waals surface area contributed by atoms with Gasteiger partial charge in [-0.2, -0.15) is 0 Å². The van der Waals surface area contributed by atoms with E-state index in [4.69, 9.17) is 11.6 Å². The Morgan fingerprint density at radius 3 is 2.41 bits per heavy atom. The van der Waals surface area contributed by atoms with Crippen molar-refractivity contribution in [1.29, 1.82) is 0 Å². The Balaban J connectivity index is 1.50. The van der Waals surface area contributed by atoms with Crippen molar-refractivity contribution < 1.29 is 18.3 Å². The number of para-hydroxylation sites is 1. The van der Waals surface area contributed by atoms with Crippen molar-refractivity contribution in [2.45, 2.75) is 43.4 Å². The van der Waals surface area contributed by atoms with E-state index in [9.17, 15) is 18.3 Å². The quantitative estimate of drug-likeness (QED) is 0.359. The fourth-order valence-corrected chi connectivity index (χ4v) is 6.21. The highest BCUT2D eigenvalue weighted by molar-refractivity contribution is 7.89. The lowest BCUT2D eigenvalue weighted by molar-refractivity contribution is -0.132. The normalized spacial score (nSPS) is 17.9. The lowest BCUT2D eigenvalue weighted by atomic mass is 9.87. The smallest absolute Gasteiger partial charge is 0.268 e. The molecule has 1 unspecified atom stereocenters. The topological polar surface area (TPSA) is 99.6 Å². The van der Waals surface area contributed by atoms with Crippen LogP contribution in [-0.2, 0) is 27.0 Å². The van der Waals surface area contributed by atoms with Crippen molar-refractivity contribution in [3.8, 4) is 0 Å². The number of sulfonamides is 1. The summed E-state index contributed by atoms with van der Waals surface area (Å²) in [4.78, 5) is 19.7. The van der Waals surface area contributed by atoms with Gasteiger partial charge in [0.2, 0.25) is 10.0 Å². The molecule has 0 bridgehead atoms. The molecule has 0 radical (unpaired) electrons. The second-order valence-corrected chi connectivity index (χ2v) is 12.2. The second-order valence-electron chi connectivity index (χ2n) is 10.2. The van der Waals surface area contributed by atoms with Crippen LogP contribution in [0.3, 0.4) is 0 Å². The number of halogens is 1. The van der Waals surface area contributed by atoms with Crippen molar-refractivity contribution in [3.05, 3.63) is 101 Å². The third-order valence-electron chi connectivity index (χ3n) is 6.22. The summed E-state index contributed by atoms with van der Waals surface area (Å²) in [6.45, 7) is 5.50. The number of benzene rings is 3. The Hall–Kier alpha value is -3.30. The first kappa shape index (κ1) is 25.4.